The van der Waals surface area contributed by atoms with Gasteiger partial charge in [0.25, 0.3) is 11.8 Å². The van der Waals surface area contributed by atoms with E-state index >= 15 is 0 Å². The predicted octanol–water partition coefficient (Wildman–Crippen LogP) is 5.97. The highest BCUT2D eigenvalue weighted by Crippen LogP contribution is 2.31. The van der Waals surface area contributed by atoms with E-state index in [2.05, 4.69) is 100 Å². The number of nitrogens with one attached hydrogen (secondary N) is 3. The van der Waals surface area contributed by atoms with Crippen LogP contribution in [0.2, 0.25) is 0 Å². The summed E-state index contributed by atoms with van der Waals surface area (Å²) in [6.45, 7) is 14.3. The number of amides is 2. The van der Waals surface area contributed by atoms with Gasteiger partial charge in [-0.1, -0.05) is 43.3 Å². The molecule has 5 aromatic rings. The molecule has 0 unspecified atom stereocenters. The van der Waals surface area contributed by atoms with Crippen molar-refractivity contribution in [2.24, 2.45) is 0 Å². The Morgan fingerprint density at radius 1 is 0.857 bits per heavy atom. The average Bonchev–Trinajstić information content (AvgIpc) is 3.53. The third-order valence-corrected chi connectivity index (χ3v) is 11.0. The van der Waals surface area contributed by atoms with E-state index in [0.29, 0.717) is 32.7 Å². The average molecular weight is 758 g/mol. The molecule has 2 amide bonds. The van der Waals surface area contributed by atoms with Crippen LogP contribution in [0.25, 0.3) is 22.2 Å². The van der Waals surface area contributed by atoms with Crippen molar-refractivity contribution in [1.82, 2.24) is 40.2 Å². The van der Waals surface area contributed by atoms with Crippen molar-refractivity contribution in [1.29, 1.82) is 0 Å². The van der Waals surface area contributed by atoms with Gasteiger partial charge in [0.1, 0.15) is 11.4 Å². The Kier molecular flexibility index (Phi) is 12.7. The topological polar surface area (TPSA) is 130 Å². The zero-order valence-corrected chi connectivity index (χ0v) is 33.2. The van der Waals surface area contributed by atoms with Crippen LogP contribution in [0.4, 0.5) is 5.69 Å². The number of pyridine rings is 2. The molecule has 12 nitrogen and oxygen atoms in total. The van der Waals surface area contributed by atoms with Crippen LogP contribution in [0.1, 0.15) is 82.0 Å². The standard InChI is InChI=1S/C44H55N9O3/c1-5-38-36(41(48-34-16-22-56-23-17-34)37-28-47-53(6-2)42(37)50-38)27-46-44(55)40-13-8-12-39(49-40)43(54)45-26-31-15-14-30(3)35(25-31)33-11-7-10-32(24-33)29-52-19-9-18-51(4)20-21-52/h7-8,10-15,24-25,28,34H,5-6,9,16-23,26-27,29H2,1-4H3,(H,45,54)(H,46,55)(H,48,50). The summed E-state index contributed by atoms with van der Waals surface area (Å²) in [7, 11) is 2.20. The van der Waals surface area contributed by atoms with Gasteiger partial charge in [0.2, 0.25) is 0 Å². The second kappa shape index (κ2) is 18.2. The molecule has 0 atom stereocenters. The third kappa shape index (κ3) is 9.26. The van der Waals surface area contributed by atoms with Crippen LogP contribution in [-0.4, -0.2) is 93.8 Å². The molecule has 0 bridgehead atoms. The highest BCUT2D eigenvalue weighted by Gasteiger charge is 2.23. The SMILES string of the molecule is CCc1nc2c(cnn2CC)c(NC2CCOCC2)c1CNC(=O)c1cccc(C(=O)NCc2ccc(C)c(-c3cccc(CN4CCCN(C)CC4)c3)c2)n1. The Labute approximate surface area is 330 Å². The zero-order valence-electron chi connectivity index (χ0n) is 33.2. The molecule has 12 heteroatoms. The van der Waals surface area contributed by atoms with Gasteiger partial charge in [-0.15, -0.1) is 0 Å². The molecule has 0 radical (unpaired) electrons. The Hall–Kier alpha value is -5.17. The molecule has 2 aliphatic rings. The largest absolute Gasteiger partial charge is 0.381 e. The summed E-state index contributed by atoms with van der Waals surface area (Å²) in [6, 6.07) is 20.3. The summed E-state index contributed by atoms with van der Waals surface area (Å²) in [5.41, 5.74) is 9.76. The van der Waals surface area contributed by atoms with Crippen molar-refractivity contribution in [3.8, 4) is 11.1 Å². The lowest BCUT2D eigenvalue weighted by Gasteiger charge is -2.26. The van der Waals surface area contributed by atoms with Gasteiger partial charge in [-0.3, -0.25) is 14.5 Å². The highest BCUT2D eigenvalue weighted by atomic mass is 16.5. The monoisotopic (exact) mass is 757 g/mol. The Morgan fingerprint density at radius 3 is 2.39 bits per heavy atom. The number of anilines is 1. The molecule has 2 fully saturated rings. The minimum absolute atomic E-state index is 0.173. The van der Waals surface area contributed by atoms with Crippen molar-refractivity contribution in [2.75, 3.05) is 51.8 Å². The van der Waals surface area contributed by atoms with Gasteiger partial charge in [-0.05, 0) is 112 Å². The van der Waals surface area contributed by atoms with Crippen molar-refractivity contribution in [2.45, 2.75) is 78.7 Å². The lowest BCUT2D eigenvalue weighted by Crippen LogP contribution is -2.30. The molecule has 7 rings (SSSR count). The molecule has 2 aliphatic heterocycles. The van der Waals surface area contributed by atoms with Gasteiger partial charge in [-0.25, -0.2) is 14.6 Å². The van der Waals surface area contributed by atoms with E-state index in [1.807, 2.05) is 16.9 Å². The van der Waals surface area contributed by atoms with E-state index in [1.54, 1.807) is 18.2 Å². The number of ether oxygens (including phenoxy) is 1. The molecule has 0 aliphatic carbocycles. The van der Waals surface area contributed by atoms with E-state index < -0.39 is 0 Å². The minimum atomic E-state index is -0.364. The number of aromatic nitrogens is 4. The molecule has 0 spiro atoms. The number of fused-ring (bicyclic) bond motifs is 1. The summed E-state index contributed by atoms with van der Waals surface area (Å²) < 4.78 is 7.51. The van der Waals surface area contributed by atoms with E-state index in [4.69, 9.17) is 9.72 Å². The molecule has 0 saturated carbocycles. The highest BCUT2D eigenvalue weighted by molar-refractivity contribution is 5.97. The van der Waals surface area contributed by atoms with Crippen molar-refractivity contribution < 1.29 is 14.3 Å². The maximum Gasteiger partial charge on any atom is 0.270 e. The number of rotatable bonds is 13. The number of hydrogen-bond acceptors (Lipinski definition) is 9. The summed E-state index contributed by atoms with van der Waals surface area (Å²) in [5, 5.41) is 15.4. The first-order valence-corrected chi connectivity index (χ1v) is 20.1. The molecule has 2 aromatic carbocycles. The summed E-state index contributed by atoms with van der Waals surface area (Å²) in [4.78, 5) is 41.4. The fourth-order valence-corrected chi connectivity index (χ4v) is 7.76. The quantitative estimate of drug-likeness (QED) is 0.133. The molecular weight excluding hydrogens is 703 g/mol. The third-order valence-electron chi connectivity index (χ3n) is 11.0. The molecule has 294 valence electrons. The number of benzene rings is 2. The van der Waals surface area contributed by atoms with E-state index in [1.165, 1.54) is 23.1 Å². The summed E-state index contributed by atoms with van der Waals surface area (Å²) in [6.07, 6.45) is 5.53. The van der Waals surface area contributed by atoms with E-state index in [-0.39, 0.29) is 35.8 Å². The van der Waals surface area contributed by atoms with Crippen molar-refractivity contribution in [3.05, 3.63) is 106 Å². The first-order chi connectivity index (χ1) is 27.3. The molecule has 56 heavy (non-hydrogen) atoms. The number of carbonyl (C=O) groups excluding carboxylic acids is 2. The minimum Gasteiger partial charge on any atom is -0.381 e. The van der Waals surface area contributed by atoms with Gasteiger partial charge in [-0.2, -0.15) is 5.10 Å². The van der Waals surface area contributed by atoms with E-state index in [0.717, 1.165) is 84.7 Å². The van der Waals surface area contributed by atoms with Gasteiger partial charge >= 0.3 is 0 Å². The van der Waals surface area contributed by atoms with Crippen LogP contribution in [0.15, 0.2) is 66.9 Å². The number of nitrogens with zero attached hydrogens (tertiary/aromatic N) is 6. The first-order valence-electron chi connectivity index (χ1n) is 20.1. The van der Waals surface area contributed by atoms with Gasteiger partial charge in [0.05, 0.1) is 17.3 Å². The van der Waals surface area contributed by atoms with Crippen LogP contribution < -0.4 is 16.0 Å². The molecule has 3 aromatic heterocycles. The Bertz CT molecular complexity index is 2160. The maximum atomic E-state index is 13.6. The smallest absolute Gasteiger partial charge is 0.270 e. The molecular formula is C44H55N9O3. The van der Waals surface area contributed by atoms with Gasteiger partial charge < -0.3 is 25.6 Å². The first kappa shape index (κ1) is 39.1. The van der Waals surface area contributed by atoms with Crippen LogP contribution in [0.3, 0.4) is 0 Å². The zero-order chi connectivity index (χ0) is 39.0. The lowest BCUT2D eigenvalue weighted by atomic mass is 9.96. The predicted molar refractivity (Wildman–Crippen MR) is 221 cm³/mol. The molecule has 2 saturated heterocycles. The maximum absolute atomic E-state index is 13.6. The second-order valence-electron chi connectivity index (χ2n) is 15.1. The molecule has 5 heterocycles. The van der Waals surface area contributed by atoms with Crippen LogP contribution in [0.5, 0.6) is 0 Å². The number of likely N-dealkylation sites (N-methyl/N-ethyl adjacent to an activating group) is 1. The fraction of sp³-hybridized carbons (Fsp3) is 0.432. The molecule has 3 N–H and O–H groups in total. The van der Waals surface area contributed by atoms with Crippen LogP contribution >= 0.6 is 0 Å². The summed E-state index contributed by atoms with van der Waals surface area (Å²) >= 11 is 0. The number of hydrogen-bond donors (Lipinski definition) is 3. The number of carbonyl (C=O) groups is 2. The fourth-order valence-electron chi connectivity index (χ4n) is 7.76. The van der Waals surface area contributed by atoms with Crippen molar-refractivity contribution in [3.63, 3.8) is 0 Å². The van der Waals surface area contributed by atoms with Gasteiger partial charge in [0.15, 0.2) is 5.65 Å². The lowest BCUT2D eigenvalue weighted by molar-refractivity contribution is 0.0904. The number of aryl methyl sites for hydroxylation is 3. The van der Waals surface area contributed by atoms with Crippen LogP contribution in [-0.2, 0) is 37.3 Å². The van der Waals surface area contributed by atoms with E-state index in [9.17, 15) is 9.59 Å². The van der Waals surface area contributed by atoms with Crippen LogP contribution in [0, 0.1) is 6.92 Å². The summed E-state index contributed by atoms with van der Waals surface area (Å²) in [5.74, 6) is -0.706. The normalized spacial score (nSPS) is 15.8. The van der Waals surface area contributed by atoms with Gasteiger partial charge in [0, 0.05) is 69.8 Å². The second-order valence-corrected chi connectivity index (χ2v) is 15.1. The van der Waals surface area contributed by atoms with Crippen molar-refractivity contribution >= 4 is 28.5 Å². The Balaban J connectivity index is 1.01. The Morgan fingerprint density at radius 2 is 1.62 bits per heavy atom.